The van der Waals surface area contributed by atoms with Crippen LogP contribution < -0.4 is 5.73 Å². The Kier molecular flexibility index (Phi) is 4.47. The molecule has 128 valence electrons. The molecule has 4 nitrogen and oxygen atoms in total. The summed E-state index contributed by atoms with van der Waals surface area (Å²) in [7, 11) is -3.62. The maximum Gasteiger partial charge on any atom is 0.182 e. The second-order valence-electron chi connectivity index (χ2n) is 6.40. The summed E-state index contributed by atoms with van der Waals surface area (Å²) in [4.78, 5) is 0.206. The molecule has 0 saturated heterocycles. The number of hydrogen-bond donors (Lipinski definition) is 2. The predicted octanol–water partition coefficient (Wildman–Crippen LogP) is 2.53. The molecule has 0 radical (unpaired) electrons. The summed E-state index contributed by atoms with van der Waals surface area (Å²) in [5, 5.41) is 9.65. The number of halogens is 1. The van der Waals surface area contributed by atoms with Gasteiger partial charge in [0.1, 0.15) is 0 Å². The molecule has 0 heterocycles. The van der Waals surface area contributed by atoms with Gasteiger partial charge >= 0.3 is 0 Å². The zero-order valence-electron chi connectivity index (χ0n) is 13.3. The van der Waals surface area contributed by atoms with Crippen molar-refractivity contribution in [2.75, 3.05) is 13.2 Å². The third-order valence-electron chi connectivity index (χ3n) is 4.97. The van der Waals surface area contributed by atoms with Gasteiger partial charge in [0.25, 0.3) is 0 Å². The van der Waals surface area contributed by atoms with Crippen LogP contribution in [0.1, 0.15) is 17.0 Å². The van der Waals surface area contributed by atoms with Gasteiger partial charge in [-0.2, -0.15) is 0 Å². The molecular formula is C18H20ClNO3S. The Morgan fingerprint density at radius 2 is 1.71 bits per heavy atom. The molecular weight excluding hydrogens is 346 g/mol. The number of aliphatic hydroxyl groups is 1. The fraction of sp³-hybridized carbons (Fsp3) is 0.333. The van der Waals surface area contributed by atoms with E-state index >= 15 is 0 Å². The highest BCUT2D eigenvalue weighted by Gasteiger charge is 2.70. The van der Waals surface area contributed by atoms with E-state index in [1.807, 2.05) is 31.2 Å². The molecule has 0 bridgehead atoms. The molecule has 6 heteroatoms. The zero-order valence-corrected chi connectivity index (χ0v) is 14.9. The lowest BCUT2D eigenvalue weighted by Gasteiger charge is -2.12. The van der Waals surface area contributed by atoms with Gasteiger partial charge in [-0.3, -0.25) is 0 Å². The van der Waals surface area contributed by atoms with Crippen LogP contribution in [0, 0.1) is 12.3 Å². The first-order valence-electron chi connectivity index (χ1n) is 7.74. The zero-order chi connectivity index (χ0) is 17.5. The minimum absolute atomic E-state index is 0.111. The van der Waals surface area contributed by atoms with Crippen molar-refractivity contribution in [2.45, 2.75) is 23.0 Å². The summed E-state index contributed by atoms with van der Waals surface area (Å²) in [6, 6.07) is 13.8. The third-order valence-corrected chi connectivity index (χ3v) is 7.56. The molecule has 1 fully saturated rings. The van der Waals surface area contributed by atoms with Gasteiger partial charge in [-0.15, -0.1) is 0 Å². The monoisotopic (exact) mass is 365 g/mol. The topological polar surface area (TPSA) is 80.4 Å². The highest BCUT2D eigenvalue weighted by molar-refractivity contribution is 7.92. The van der Waals surface area contributed by atoms with Crippen LogP contribution in [0.3, 0.4) is 0 Å². The average molecular weight is 366 g/mol. The molecule has 0 aromatic heterocycles. The van der Waals surface area contributed by atoms with Gasteiger partial charge in [0.2, 0.25) is 0 Å². The molecule has 0 aliphatic heterocycles. The van der Waals surface area contributed by atoms with Crippen molar-refractivity contribution >= 4 is 21.4 Å². The van der Waals surface area contributed by atoms with Gasteiger partial charge in [0.05, 0.1) is 16.8 Å². The SMILES string of the molecule is Cc1ccc([C@H]2[C@@H](S(=O)(=O)c3ccc(Cl)cc3)[C@@]2(CN)CO)cc1. The second kappa shape index (κ2) is 6.15. The molecule has 3 N–H and O–H groups in total. The Labute approximate surface area is 147 Å². The summed E-state index contributed by atoms with van der Waals surface area (Å²) < 4.78 is 26.2. The summed E-state index contributed by atoms with van der Waals surface area (Å²) in [5.41, 5.74) is 7.03. The molecule has 0 amide bonds. The highest BCUT2D eigenvalue weighted by Crippen LogP contribution is 2.63. The molecule has 3 atom stereocenters. The minimum atomic E-state index is -3.62. The van der Waals surface area contributed by atoms with E-state index in [4.69, 9.17) is 17.3 Å². The Morgan fingerprint density at radius 3 is 2.21 bits per heavy atom. The Balaban J connectivity index is 2.04. The number of nitrogens with two attached hydrogens (primary N) is 1. The number of hydrogen-bond acceptors (Lipinski definition) is 4. The first-order chi connectivity index (χ1) is 11.4. The Bertz CT molecular complexity index is 828. The van der Waals surface area contributed by atoms with Crippen molar-refractivity contribution in [2.24, 2.45) is 11.1 Å². The molecule has 1 aliphatic carbocycles. The first-order valence-corrected chi connectivity index (χ1v) is 9.66. The van der Waals surface area contributed by atoms with E-state index in [9.17, 15) is 13.5 Å². The van der Waals surface area contributed by atoms with Crippen molar-refractivity contribution < 1.29 is 13.5 Å². The maximum atomic E-state index is 13.1. The average Bonchev–Trinajstić information content (AvgIpc) is 3.26. The van der Waals surface area contributed by atoms with E-state index in [1.54, 1.807) is 12.1 Å². The molecule has 2 aromatic carbocycles. The fourth-order valence-electron chi connectivity index (χ4n) is 3.49. The standard InChI is InChI=1S/C18H20ClNO3S/c1-12-2-4-13(5-3-12)16-17(18(16,10-20)11-21)24(22,23)15-8-6-14(19)7-9-15/h2-9,16-17,21H,10-11,20H2,1H3/t16-,17+,18-/m0/s1. The second-order valence-corrected chi connectivity index (χ2v) is 8.91. The molecule has 24 heavy (non-hydrogen) atoms. The smallest absolute Gasteiger partial charge is 0.182 e. The van der Waals surface area contributed by atoms with Crippen molar-refractivity contribution in [3.05, 3.63) is 64.7 Å². The Morgan fingerprint density at radius 1 is 1.12 bits per heavy atom. The van der Waals surface area contributed by atoms with E-state index in [2.05, 4.69) is 0 Å². The van der Waals surface area contributed by atoms with Crippen LogP contribution in [0.5, 0.6) is 0 Å². The van der Waals surface area contributed by atoms with Crippen LogP contribution >= 0.6 is 11.6 Å². The normalized spacial score (nSPS) is 26.3. The van der Waals surface area contributed by atoms with Crippen LogP contribution in [-0.2, 0) is 9.84 Å². The summed E-state index contributed by atoms with van der Waals surface area (Å²) >= 11 is 5.85. The summed E-state index contributed by atoms with van der Waals surface area (Å²) in [6.45, 7) is 1.82. The predicted molar refractivity (Wildman–Crippen MR) is 94.9 cm³/mol. The van der Waals surface area contributed by atoms with E-state index < -0.39 is 20.5 Å². The molecule has 3 rings (SSSR count). The number of benzene rings is 2. The van der Waals surface area contributed by atoms with Crippen LogP contribution in [0.4, 0.5) is 0 Å². The first kappa shape index (κ1) is 17.4. The molecule has 0 unspecified atom stereocenters. The van der Waals surface area contributed by atoms with E-state index in [0.717, 1.165) is 11.1 Å². The van der Waals surface area contributed by atoms with Crippen molar-refractivity contribution in [1.82, 2.24) is 0 Å². The third kappa shape index (κ3) is 2.65. The van der Waals surface area contributed by atoms with E-state index in [-0.39, 0.29) is 24.0 Å². The quantitative estimate of drug-likeness (QED) is 0.853. The van der Waals surface area contributed by atoms with Crippen molar-refractivity contribution in [3.8, 4) is 0 Å². The summed E-state index contributed by atoms with van der Waals surface area (Å²) in [5.74, 6) is -0.311. The van der Waals surface area contributed by atoms with Gasteiger partial charge in [-0.1, -0.05) is 41.4 Å². The number of aryl methyl sites for hydroxylation is 1. The molecule has 2 aromatic rings. The lowest BCUT2D eigenvalue weighted by molar-refractivity contribution is 0.212. The Hall–Kier alpha value is -1.40. The van der Waals surface area contributed by atoms with Gasteiger partial charge in [0, 0.05) is 22.9 Å². The number of rotatable bonds is 5. The largest absolute Gasteiger partial charge is 0.396 e. The van der Waals surface area contributed by atoms with Gasteiger partial charge in [-0.05, 0) is 36.8 Å². The lowest BCUT2D eigenvalue weighted by Crippen LogP contribution is -2.27. The van der Waals surface area contributed by atoms with E-state index in [1.165, 1.54) is 12.1 Å². The van der Waals surface area contributed by atoms with Crippen LogP contribution in [0.2, 0.25) is 5.02 Å². The van der Waals surface area contributed by atoms with E-state index in [0.29, 0.717) is 5.02 Å². The van der Waals surface area contributed by atoms with Crippen molar-refractivity contribution in [3.63, 3.8) is 0 Å². The molecule has 0 spiro atoms. The fourth-order valence-corrected chi connectivity index (χ4v) is 6.07. The highest BCUT2D eigenvalue weighted by atomic mass is 35.5. The van der Waals surface area contributed by atoms with Gasteiger partial charge in [-0.25, -0.2) is 8.42 Å². The van der Waals surface area contributed by atoms with Crippen LogP contribution in [0.15, 0.2) is 53.4 Å². The lowest BCUT2D eigenvalue weighted by atomic mass is 9.99. The number of sulfone groups is 1. The van der Waals surface area contributed by atoms with Gasteiger partial charge in [0.15, 0.2) is 9.84 Å². The molecule has 1 saturated carbocycles. The summed E-state index contributed by atoms with van der Waals surface area (Å²) in [6.07, 6.45) is 0. The minimum Gasteiger partial charge on any atom is -0.396 e. The van der Waals surface area contributed by atoms with Crippen LogP contribution in [-0.4, -0.2) is 31.9 Å². The molecule has 1 aliphatic rings. The van der Waals surface area contributed by atoms with Gasteiger partial charge < -0.3 is 10.8 Å². The maximum absolute atomic E-state index is 13.1. The van der Waals surface area contributed by atoms with Crippen LogP contribution in [0.25, 0.3) is 0 Å². The van der Waals surface area contributed by atoms with Crippen molar-refractivity contribution in [1.29, 1.82) is 0 Å². The number of aliphatic hydroxyl groups excluding tert-OH is 1.